The maximum absolute atomic E-state index is 11.4. The highest BCUT2D eigenvalue weighted by atomic mass is 16.5. The van der Waals surface area contributed by atoms with Gasteiger partial charge in [0.25, 0.3) is 0 Å². The Balaban J connectivity index is 1.35. The van der Waals surface area contributed by atoms with Crippen LogP contribution in [0.2, 0.25) is 0 Å². The van der Waals surface area contributed by atoms with Crippen molar-refractivity contribution in [2.45, 2.75) is 53.1 Å². The van der Waals surface area contributed by atoms with Crippen LogP contribution in [0.25, 0.3) is 0 Å². The Morgan fingerprint density at radius 1 is 0.635 bits per heavy atom. The van der Waals surface area contributed by atoms with Crippen LogP contribution >= 0.6 is 0 Å². The molecular weight excluding hydrogens is 643 g/mol. The van der Waals surface area contributed by atoms with Gasteiger partial charge in [-0.2, -0.15) is 10.2 Å². The van der Waals surface area contributed by atoms with Crippen LogP contribution in [0.3, 0.4) is 0 Å². The maximum Gasteiger partial charge on any atom is 0.130 e. The van der Waals surface area contributed by atoms with E-state index in [1.165, 1.54) is 18.4 Å². The van der Waals surface area contributed by atoms with E-state index in [1.807, 2.05) is 126 Å². The minimum Gasteiger partial charge on any atom is -0.490 e. The number of hydrazone groups is 2. The van der Waals surface area contributed by atoms with Crippen molar-refractivity contribution in [3.63, 3.8) is 0 Å². The molecule has 52 heavy (non-hydrogen) atoms. The molecule has 0 bridgehead atoms. The summed E-state index contributed by atoms with van der Waals surface area (Å²) in [4.78, 5) is 2.27. The van der Waals surface area contributed by atoms with Gasteiger partial charge in [-0.05, 0) is 85.8 Å². The second-order valence-corrected chi connectivity index (χ2v) is 12.9. The summed E-state index contributed by atoms with van der Waals surface area (Å²) in [6.07, 6.45) is 6.33. The van der Waals surface area contributed by atoms with Crippen LogP contribution in [0.15, 0.2) is 144 Å². The third kappa shape index (κ3) is 10.8. The molecule has 0 spiro atoms. The van der Waals surface area contributed by atoms with Gasteiger partial charge in [-0.1, -0.05) is 106 Å². The average molecular weight is 696 g/mol. The first kappa shape index (κ1) is 37.8. The van der Waals surface area contributed by atoms with E-state index in [4.69, 9.17) is 14.9 Å². The average Bonchev–Trinajstić information content (AvgIpc) is 3.20. The molecule has 1 atom stereocenters. The minimum absolute atomic E-state index is 0.0766. The lowest BCUT2D eigenvalue weighted by atomic mass is 9.94. The lowest BCUT2D eigenvalue weighted by Crippen LogP contribution is -2.33. The number of ether oxygens (including phenoxy) is 1. The molecule has 7 heteroatoms. The third-order valence-electron chi connectivity index (χ3n) is 9.31. The van der Waals surface area contributed by atoms with Gasteiger partial charge in [-0.3, -0.25) is 5.01 Å². The molecule has 0 amide bonds. The van der Waals surface area contributed by atoms with E-state index >= 15 is 0 Å². The molecular formula is C45H53N5O2. The van der Waals surface area contributed by atoms with Gasteiger partial charge in [0.15, 0.2) is 0 Å². The van der Waals surface area contributed by atoms with Crippen molar-refractivity contribution in [2.75, 3.05) is 41.2 Å². The molecule has 0 aliphatic rings. The Morgan fingerprint density at radius 3 is 1.77 bits per heavy atom. The van der Waals surface area contributed by atoms with Gasteiger partial charge in [0.05, 0.1) is 36.0 Å². The van der Waals surface area contributed by atoms with Crippen molar-refractivity contribution in [1.29, 1.82) is 0 Å². The van der Waals surface area contributed by atoms with Crippen LogP contribution in [0.5, 0.6) is 5.75 Å². The fraction of sp³-hybridized carbons (Fsp3) is 0.289. The Labute approximate surface area is 310 Å². The zero-order chi connectivity index (χ0) is 36.5. The van der Waals surface area contributed by atoms with E-state index in [2.05, 4.69) is 62.9 Å². The van der Waals surface area contributed by atoms with Crippen LogP contribution in [-0.4, -0.2) is 49.9 Å². The summed E-state index contributed by atoms with van der Waals surface area (Å²) in [6.45, 7) is 10.9. The molecule has 0 aliphatic carbocycles. The van der Waals surface area contributed by atoms with Gasteiger partial charge in [-0.25, -0.2) is 5.01 Å². The first-order chi connectivity index (χ1) is 25.5. The largest absolute Gasteiger partial charge is 0.490 e. The summed E-state index contributed by atoms with van der Waals surface area (Å²) < 4.78 is 6.42. The summed E-state index contributed by atoms with van der Waals surface area (Å²) in [5.41, 5.74) is 7.00. The number of aliphatic hydroxyl groups excluding tert-OH is 1. The maximum atomic E-state index is 11.4. The first-order valence-electron chi connectivity index (χ1n) is 18.6. The highest BCUT2D eigenvalue weighted by Crippen LogP contribution is 2.28. The first-order valence-corrected chi connectivity index (χ1v) is 18.6. The molecule has 0 saturated heterocycles. The van der Waals surface area contributed by atoms with Crippen molar-refractivity contribution < 1.29 is 9.84 Å². The second kappa shape index (κ2) is 19.8. The number of benzene rings is 5. The minimum atomic E-state index is -0.827. The SMILES string of the molecule is CCC(CC)Cc1ccc(/C=N/N(CC(O)COc2cc(N(CC)CC)ccc2/C=N/N(c2ccccc2)c2ccccc2)c2ccccc2)cc1. The number of hydrogen-bond acceptors (Lipinski definition) is 7. The van der Waals surface area contributed by atoms with Gasteiger partial charge < -0.3 is 14.7 Å². The number of hydrogen-bond donors (Lipinski definition) is 1. The molecule has 270 valence electrons. The summed E-state index contributed by atoms with van der Waals surface area (Å²) >= 11 is 0. The van der Waals surface area contributed by atoms with Crippen LogP contribution in [0.1, 0.15) is 57.2 Å². The normalized spacial score (nSPS) is 12.0. The highest BCUT2D eigenvalue weighted by Gasteiger charge is 2.16. The molecule has 1 unspecified atom stereocenters. The quantitative estimate of drug-likeness (QED) is 0.0688. The zero-order valence-corrected chi connectivity index (χ0v) is 31.1. The van der Waals surface area contributed by atoms with Crippen molar-refractivity contribution >= 4 is 35.2 Å². The number of rotatable bonds is 19. The topological polar surface area (TPSA) is 63.9 Å². The molecule has 0 radical (unpaired) electrons. The van der Waals surface area contributed by atoms with E-state index in [0.29, 0.717) is 11.7 Å². The number of aliphatic hydroxyl groups is 1. The van der Waals surface area contributed by atoms with E-state index in [1.54, 1.807) is 0 Å². The number of para-hydroxylation sites is 3. The molecule has 1 N–H and O–H groups in total. The standard InChI is InChI=1S/C45H53N5O2/c1-5-36(6-2)30-37-24-26-38(27-25-37)32-46-49(40-18-12-9-13-19-40)34-44(51)35-52-45-31-43(48(7-3)8-4)29-28-39(45)33-47-50(41-20-14-10-15-21-41)42-22-16-11-17-23-42/h9-29,31-33,36,44,51H,5-8,30,34-35H2,1-4H3/b46-32+,47-33+. The van der Waals surface area contributed by atoms with E-state index in [-0.39, 0.29) is 13.2 Å². The van der Waals surface area contributed by atoms with E-state index < -0.39 is 6.10 Å². The fourth-order valence-corrected chi connectivity index (χ4v) is 6.13. The van der Waals surface area contributed by atoms with Crippen molar-refractivity contribution in [1.82, 2.24) is 0 Å². The Morgan fingerprint density at radius 2 is 1.21 bits per heavy atom. The van der Waals surface area contributed by atoms with Gasteiger partial charge in [0.1, 0.15) is 18.5 Å². The van der Waals surface area contributed by atoms with E-state index in [0.717, 1.165) is 53.4 Å². The number of nitrogens with zero attached hydrogens (tertiary/aromatic N) is 5. The predicted octanol–water partition coefficient (Wildman–Crippen LogP) is 9.96. The Hall–Kier alpha value is -5.40. The van der Waals surface area contributed by atoms with Gasteiger partial charge >= 0.3 is 0 Å². The molecule has 5 aromatic rings. The Bertz CT molecular complexity index is 1770. The van der Waals surface area contributed by atoms with Crippen LogP contribution < -0.4 is 19.7 Å². The monoisotopic (exact) mass is 695 g/mol. The summed E-state index contributed by atoms with van der Waals surface area (Å²) in [6, 6.07) is 44.9. The molecule has 5 aromatic carbocycles. The van der Waals surface area contributed by atoms with Gasteiger partial charge in [0.2, 0.25) is 0 Å². The van der Waals surface area contributed by atoms with Crippen LogP contribution in [-0.2, 0) is 6.42 Å². The third-order valence-corrected chi connectivity index (χ3v) is 9.31. The zero-order valence-electron chi connectivity index (χ0n) is 31.1. The summed E-state index contributed by atoms with van der Waals surface area (Å²) in [5, 5.41) is 24.9. The molecule has 0 aromatic heterocycles. The van der Waals surface area contributed by atoms with Crippen molar-refractivity contribution in [2.24, 2.45) is 16.1 Å². The Kier molecular flexibility index (Phi) is 14.4. The molecule has 0 heterocycles. The molecule has 0 aliphatic heterocycles. The molecule has 0 saturated carbocycles. The van der Waals surface area contributed by atoms with Crippen LogP contribution in [0, 0.1) is 5.92 Å². The summed E-state index contributed by atoms with van der Waals surface area (Å²) in [7, 11) is 0. The predicted molar refractivity (Wildman–Crippen MR) is 220 cm³/mol. The van der Waals surface area contributed by atoms with Crippen molar-refractivity contribution in [3.8, 4) is 5.75 Å². The lowest BCUT2D eigenvalue weighted by Gasteiger charge is -2.24. The second-order valence-electron chi connectivity index (χ2n) is 12.9. The highest BCUT2D eigenvalue weighted by molar-refractivity contribution is 5.86. The van der Waals surface area contributed by atoms with Gasteiger partial charge in [0, 0.05) is 30.4 Å². The molecule has 0 fully saturated rings. The van der Waals surface area contributed by atoms with Crippen molar-refractivity contribution in [3.05, 3.63) is 150 Å². The van der Waals surface area contributed by atoms with E-state index in [9.17, 15) is 5.11 Å². The molecule has 5 rings (SSSR count). The van der Waals surface area contributed by atoms with Crippen LogP contribution in [0.4, 0.5) is 22.7 Å². The van der Waals surface area contributed by atoms with Gasteiger partial charge in [-0.15, -0.1) is 0 Å². The smallest absolute Gasteiger partial charge is 0.130 e. The fourth-order valence-electron chi connectivity index (χ4n) is 6.13. The summed E-state index contributed by atoms with van der Waals surface area (Å²) in [5.74, 6) is 1.36. The number of anilines is 4. The lowest BCUT2D eigenvalue weighted by molar-refractivity contribution is 0.112. The molecule has 7 nitrogen and oxygen atoms in total.